The largest absolute Gasteiger partial charge is 0.494 e. The lowest BCUT2D eigenvalue weighted by molar-refractivity contribution is 0.340. The summed E-state index contributed by atoms with van der Waals surface area (Å²) in [6.45, 7) is 2.61. The number of hydrogen-bond donors (Lipinski definition) is 2. The maximum absolute atomic E-state index is 5.91. The quantitative estimate of drug-likeness (QED) is 0.450. The van der Waals surface area contributed by atoms with Gasteiger partial charge in [0.15, 0.2) is 5.11 Å². The molecule has 0 saturated heterocycles. The van der Waals surface area contributed by atoms with Crippen molar-refractivity contribution in [1.29, 1.82) is 0 Å². The van der Waals surface area contributed by atoms with Crippen LogP contribution in [0.1, 0.15) is 6.92 Å². The first-order chi connectivity index (χ1) is 12.7. The summed E-state index contributed by atoms with van der Waals surface area (Å²) in [6, 6.07) is 21.7. The molecule has 0 aliphatic heterocycles. The first-order valence-electron chi connectivity index (χ1n) is 8.45. The van der Waals surface area contributed by atoms with Gasteiger partial charge in [0.25, 0.3) is 0 Å². The Labute approximate surface area is 156 Å². The number of para-hydroxylation sites is 1. The lowest BCUT2D eigenvalue weighted by atomic mass is 10.1. The van der Waals surface area contributed by atoms with Gasteiger partial charge in [0.05, 0.1) is 6.61 Å². The number of thiocarbonyl (C=S) groups is 1. The van der Waals surface area contributed by atoms with E-state index in [1.807, 2.05) is 67.6 Å². The SMILES string of the molecule is CCOc1ccc(NC(=S)Nc2ccc3c(c2)oc2ccccc23)cc1. The van der Waals surface area contributed by atoms with Crippen LogP contribution in [0.4, 0.5) is 11.4 Å². The lowest BCUT2D eigenvalue weighted by Gasteiger charge is -2.11. The topological polar surface area (TPSA) is 46.4 Å². The van der Waals surface area contributed by atoms with Crippen molar-refractivity contribution in [2.24, 2.45) is 0 Å². The molecular weight excluding hydrogens is 344 g/mol. The van der Waals surface area contributed by atoms with Crippen LogP contribution in [0.25, 0.3) is 21.9 Å². The molecule has 3 aromatic carbocycles. The van der Waals surface area contributed by atoms with Crippen LogP contribution in [-0.2, 0) is 0 Å². The number of benzene rings is 3. The van der Waals surface area contributed by atoms with Crippen molar-refractivity contribution >= 4 is 50.6 Å². The molecule has 0 aliphatic rings. The first kappa shape index (κ1) is 16.4. The Morgan fingerprint density at radius 3 is 2.38 bits per heavy atom. The molecule has 0 saturated carbocycles. The number of furan rings is 1. The summed E-state index contributed by atoms with van der Waals surface area (Å²) in [4.78, 5) is 0. The highest BCUT2D eigenvalue weighted by Gasteiger charge is 2.07. The highest BCUT2D eigenvalue weighted by Crippen LogP contribution is 2.30. The van der Waals surface area contributed by atoms with Crippen LogP contribution < -0.4 is 15.4 Å². The Morgan fingerprint density at radius 1 is 0.885 bits per heavy atom. The smallest absolute Gasteiger partial charge is 0.175 e. The number of anilines is 2. The van der Waals surface area contributed by atoms with Gasteiger partial charge in [-0.15, -0.1) is 0 Å². The van der Waals surface area contributed by atoms with Crippen molar-refractivity contribution in [3.05, 3.63) is 66.7 Å². The number of ether oxygens (including phenoxy) is 1. The fraction of sp³-hybridized carbons (Fsp3) is 0.0952. The van der Waals surface area contributed by atoms with Crippen LogP contribution in [0, 0.1) is 0 Å². The highest BCUT2D eigenvalue weighted by molar-refractivity contribution is 7.80. The molecule has 4 nitrogen and oxygen atoms in total. The molecule has 4 aromatic rings. The van der Waals surface area contributed by atoms with Gasteiger partial charge < -0.3 is 19.8 Å². The molecule has 0 fully saturated rings. The minimum absolute atomic E-state index is 0.518. The molecule has 26 heavy (non-hydrogen) atoms. The predicted octanol–water partition coefficient (Wildman–Crippen LogP) is 5.79. The van der Waals surface area contributed by atoms with Crippen molar-refractivity contribution in [3.8, 4) is 5.75 Å². The second-order valence-corrected chi connectivity index (χ2v) is 6.25. The zero-order valence-electron chi connectivity index (χ0n) is 14.3. The molecule has 0 radical (unpaired) electrons. The minimum atomic E-state index is 0.518. The summed E-state index contributed by atoms with van der Waals surface area (Å²) in [5.41, 5.74) is 3.49. The van der Waals surface area contributed by atoms with Gasteiger partial charge in [-0.3, -0.25) is 0 Å². The van der Waals surface area contributed by atoms with Crippen LogP contribution in [0.5, 0.6) is 5.75 Å². The summed E-state index contributed by atoms with van der Waals surface area (Å²) in [7, 11) is 0. The molecule has 0 aliphatic carbocycles. The van der Waals surface area contributed by atoms with E-state index in [0.717, 1.165) is 39.1 Å². The monoisotopic (exact) mass is 362 g/mol. The molecule has 5 heteroatoms. The Kier molecular flexibility index (Phi) is 4.46. The fourth-order valence-corrected chi connectivity index (χ4v) is 3.13. The van der Waals surface area contributed by atoms with Crippen LogP contribution in [0.15, 0.2) is 71.1 Å². The third-order valence-corrected chi connectivity index (χ3v) is 4.26. The molecular formula is C21H18N2O2S. The van der Waals surface area contributed by atoms with E-state index in [9.17, 15) is 0 Å². The normalized spacial score (nSPS) is 10.8. The minimum Gasteiger partial charge on any atom is -0.494 e. The van der Waals surface area contributed by atoms with Crippen molar-refractivity contribution < 1.29 is 9.15 Å². The number of fused-ring (bicyclic) bond motifs is 3. The summed E-state index contributed by atoms with van der Waals surface area (Å²) in [5, 5.41) is 9.09. The maximum Gasteiger partial charge on any atom is 0.175 e. The highest BCUT2D eigenvalue weighted by atomic mass is 32.1. The molecule has 1 aromatic heterocycles. The van der Waals surface area contributed by atoms with Crippen molar-refractivity contribution in [2.45, 2.75) is 6.92 Å². The van der Waals surface area contributed by atoms with E-state index in [4.69, 9.17) is 21.4 Å². The number of nitrogens with one attached hydrogen (secondary N) is 2. The summed E-state index contributed by atoms with van der Waals surface area (Å²) in [6.07, 6.45) is 0. The molecule has 1 heterocycles. The van der Waals surface area contributed by atoms with E-state index in [0.29, 0.717) is 11.7 Å². The zero-order chi connectivity index (χ0) is 17.9. The molecule has 0 atom stereocenters. The second-order valence-electron chi connectivity index (χ2n) is 5.85. The van der Waals surface area contributed by atoms with Crippen molar-refractivity contribution in [1.82, 2.24) is 0 Å². The average Bonchev–Trinajstić information content (AvgIpc) is 3.01. The van der Waals surface area contributed by atoms with E-state index in [1.165, 1.54) is 0 Å². The molecule has 0 bridgehead atoms. The first-order valence-corrected chi connectivity index (χ1v) is 8.86. The molecule has 4 rings (SSSR count). The van der Waals surface area contributed by atoms with Gasteiger partial charge in [0, 0.05) is 28.2 Å². The van der Waals surface area contributed by atoms with E-state index in [1.54, 1.807) is 0 Å². The average molecular weight is 362 g/mol. The predicted molar refractivity (Wildman–Crippen MR) is 111 cm³/mol. The van der Waals surface area contributed by atoms with Crippen LogP contribution in [-0.4, -0.2) is 11.7 Å². The Morgan fingerprint density at radius 2 is 1.58 bits per heavy atom. The molecule has 0 unspecified atom stereocenters. The Hall–Kier alpha value is -3.05. The van der Waals surface area contributed by atoms with Crippen LogP contribution in [0.3, 0.4) is 0 Å². The van der Waals surface area contributed by atoms with Crippen molar-refractivity contribution in [3.63, 3.8) is 0 Å². The number of rotatable bonds is 4. The zero-order valence-corrected chi connectivity index (χ0v) is 15.1. The van der Waals surface area contributed by atoms with Gasteiger partial charge >= 0.3 is 0 Å². The molecule has 130 valence electrons. The molecule has 2 N–H and O–H groups in total. The van der Waals surface area contributed by atoms with Crippen molar-refractivity contribution in [2.75, 3.05) is 17.2 Å². The summed E-state index contributed by atoms with van der Waals surface area (Å²) in [5.74, 6) is 0.840. The van der Waals surface area contributed by atoms with Gasteiger partial charge in [0.1, 0.15) is 16.9 Å². The maximum atomic E-state index is 5.91. The van der Waals surface area contributed by atoms with E-state index < -0.39 is 0 Å². The Balaban J connectivity index is 1.49. The van der Waals surface area contributed by atoms with E-state index >= 15 is 0 Å². The number of hydrogen-bond acceptors (Lipinski definition) is 3. The summed E-state index contributed by atoms with van der Waals surface area (Å²) < 4.78 is 11.4. The van der Waals surface area contributed by atoms with Gasteiger partial charge in [-0.1, -0.05) is 18.2 Å². The third kappa shape index (κ3) is 3.34. The van der Waals surface area contributed by atoms with Crippen LogP contribution in [0.2, 0.25) is 0 Å². The Bertz CT molecular complexity index is 1070. The fourth-order valence-electron chi connectivity index (χ4n) is 2.90. The van der Waals surface area contributed by atoms with Gasteiger partial charge in [0.2, 0.25) is 0 Å². The van der Waals surface area contributed by atoms with Gasteiger partial charge in [-0.05, 0) is 61.6 Å². The molecule has 0 amide bonds. The summed E-state index contributed by atoms with van der Waals surface area (Å²) >= 11 is 5.41. The third-order valence-electron chi connectivity index (χ3n) is 4.06. The molecule has 0 spiro atoms. The second kappa shape index (κ2) is 7.06. The van der Waals surface area contributed by atoms with Gasteiger partial charge in [-0.2, -0.15) is 0 Å². The standard InChI is InChI=1S/C21H18N2O2S/c1-2-24-16-10-7-14(8-11-16)22-21(26)23-15-9-12-18-17-5-3-4-6-19(17)25-20(18)13-15/h3-13H,2H2,1H3,(H2,22,23,26). The van der Waals surface area contributed by atoms with E-state index in [-0.39, 0.29) is 0 Å². The van der Waals surface area contributed by atoms with E-state index in [2.05, 4.69) is 16.7 Å². The van der Waals surface area contributed by atoms with Crippen LogP contribution >= 0.6 is 12.2 Å². The lowest BCUT2D eigenvalue weighted by Crippen LogP contribution is -2.18. The van der Waals surface area contributed by atoms with Gasteiger partial charge in [-0.25, -0.2) is 0 Å².